The predicted molar refractivity (Wildman–Crippen MR) is 79.6 cm³/mol. The number of carbonyl (C=O) groups is 1. The standard InChI is InChI=1S/C14H29O5P/c1-5-9-10-11-12(6-2)14(7-3,20(16,17)18)13(15)19-8-4/h12H,5-11H2,1-4H3,(H2,16,17,18). The lowest BCUT2D eigenvalue weighted by molar-refractivity contribution is -0.149. The summed E-state index contributed by atoms with van der Waals surface area (Å²) in [6, 6.07) is 0. The molecule has 2 N–H and O–H groups in total. The molecule has 2 unspecified atom stereocenters. The Labute approximate surface area is 122 Å². The Morgan fingerprint density at radius 2 is 1.80 bits per heavy atom. The maximum absolute atomic E-state index is 12.3. The third kappa shape index (κ3) is 4.31. The largest absolute Gasteiger partial charge is 0.465 e. The highest BCUT2D eigenvalue weighted by atomic mass is 31.2. The van der Waals surface area contributed by atoms with E-state index in [0.717, 1.165) is 19.3 Å². The zero-order valence-corrected chi connectivity index (χ0v) is 14.0. The van der Waals surface area contributed by atoms with Crippen LogP contribution < -0.4 is 0 Å². The van der Waals surface area contributed by atoms with Crippen LogP contribution in [0.4, 0.5) is 0 Å². The molecule has 0 saturated heterocycles. The summed E-state index contributed by atoms with van der Waals surface area (Å²) in [6.07, 6.45) is 4.20. The summed E-state index contributed by atoms with van der Waals surface area (Å²) in [5, 5.41) is -1.69. The molecule has 0 saturated carbocycles. The highest BCUT2D eigenvalue weighted by molar-refractivity contribution is 7.54. The fraction of sp³-hybridized carbons (Fsp3) is 0.929. The van der Waals surface area contributed by atoms with Gasteiger partial charge >= 0.3 is 13.6 Å². The molecule has 0 aliphatic heterocycles. The Hall–Kier alpha value is -0.380. The maximum Gasteiger partial charge on any atom is 0.343 e. The molecule has 0 aromatic carbocycles. The van der Waals surface area contributed by atoms with Crippen LogP contribution in [0.2, 0.25) is 0 Å². The van der Waals surface area contributed by atoms with E-state index in [-0.39, 0.29) is 18.9 Å². The minimum atomic E-state index is -4.59. The van der Waals surface area contributed by atoms with Crippen LogP contribution in [-0.2, 0) is 14.1 Å². The molecule has 0 aliphatic rings. The molecule has 0 aromatic rings. The van der Waals surface area contributed by atoms with Crippen LogP contribution in [0.1, 0.15) is 66.2 Å². The van der Waals surface area contributed by atoms with Gasteiger partial charge in [0.1, 0.15) is 0 Å². The maximum atomic E-state index is 12.3. The van der Waals surface area contributed by atoms with Gasteiger partial charge in [-0.25, -0.2) is 0 Å². The highest BCUT2D eigenvalue weighted by Gasteiger charge is 2.57. The zero-order chi connectivity index (χ0) is 15.8. The molecule has 5 nitrogen and oxygen atoms in total. The van der Waals surface area contributed by atoms with E-state index in [4.69, 9.17) is 4.74 Å². The van der Waals surface area contributed by atoms with Crippen molar-refractivity contribution in [2.75, 3.05) is 6.61 Å². The van der Waals surface area contributed by atoms with E-state index in [1.54, 1.807) is 13.8 Å². The second kappa shape index (κ2) is 8.81. The molecule has 0 spiro atoms. The summed E-state index contributed by atoms with van der Waals surface area (Å²) >= 11 is 0. The third-order valence-electron chi connectivity index (χ3n) is 4.01. The summed E-state index contributed by atoms with van der Waals surface area (Å²) in [6.45, 7) is 7.37. The van der Waals surface area contributed by atoms with Gasteiger partial charge in [-0.15, -0.1) is 0 Å². The van der Waals surface area contributed by atoms with E-state index < -0.39 is 18.7 Å². The van der Waals surface area contributed by atoms with Crippen molar-refractivity contribution in [1.29, 1.82) is 0 Å². The molecular weight excluding hydrogens is 279 g/mol. The van der Waals surface area contributed by atoms with Crippen LogP contribution in [0.25, 0.3) is 0 Å². The lowest BCUT2D eigenvalue weighted by Gasteiger charge is -2.37. The number of esters is 1. The zero-order valence-electron chi connectivity index (χ0n) is 13.1. The van der Waals surface area contributed by atoms with Gasteiger partial charge in [-0.05, 0) is 25.7 Å². The van der Waals surface area contributed by atoms with Crippen molar-refractivity contribution in [3.05, 3.63) is 0 Å². The van der Waals surface area contributed by atoms with Gasteiger partial charge in [-0.1, -0.05) is 46.5 Å². The van der Waals surface area contributed by atoms with E-state index >= 15 is 0 Å². The number of carbonyl (C=O) groups excluding carboxylic acids is 1. The molecule has 6 heteroatoms. The summed E-state index contributed by atoms with van der Waals surface area (Å²) in [7, 11) is -4.59. The number of hydrogen-bond acceptors (Lipinski definition) is 3. The van der Waals surface area contributed by atoms with Crippen molar-refractivity contribution in [2.24, 2.45) is 5.92 Å². The SMILES string of the molecule is CCCCCC(CC)C(CC)(C(=O)OCC)P(=O)(O)O. The number of rotatable bonds is 10. The van der Waals surface area contributed by atoms with Crippen molar-refractivity contribution in [2.45, 2.75) is 71.4 Å². The molecule has 0 heterocycles. The Morgan fingerprint density at radius 1 is 1.20 bits per heavy atom. The Bertz CT molecular complexity index is 338. The minimum Gasteiger partial charge on any atom is -0.465 e. The van der Waals surface area contributed by atoms with Gasteiger partial charge in [-0.3, -0.25) is 9.36 Å². The highest BCUT2D eigenvalue weighted by Crippen LogP contribution is 2.59. The van der Waals surface area contributed by atoms with E-state index in [0.29, 0.717) is 12.8 Å². The molecule has 0 aliphatic carbocycles. The van der Waals surface area contributed by atoms with E-state index in [1.807, 2.05) is 6.92 Å². The molecule has 120 valence electrons. The van der Waals surface area contributed by atoms with Crippen molar-refractivity contribution in [3.8, 4) is 0 Å². The van der Waals surface area contributed by atoms with Crippen LogP contribution in [-0.4, -0.2) is 27.5 Å². The van der Waals surface area contributed by atoms with E-state index in [2.05, 4.69) is 6.92 Å². The van der Waals surface area contributed by atoms with Gasteiger partial charge in [0.05, 0.1) is 6.61 Å². The summed E-state index contributed by atoms with van der Waals surface area (Å²) in [4.78, 5) is 31.8. The van der Waals surface area contributed by atoms with Gasteiger partial charge in [-0.2, -0.15) is 0 Å². The average Bonchev–Trinajstić information content (AvgIpc) is 2.37. The van der Waals surface area contributed by atoms with Gasteiger partial charge in [0.2, 0.25) is 0 Å². The van der Waals surface area contributed by atoms with Crippen molar-refractivity contribution < 1.29 is 23.9 Å². The van der Waals surface area contributed by atoms with Gasteiger partial charge in [0.25, 0.3) is 0 Å². The summed E-state index contributed by atoms with van der Waals surface area (Å²) < 4.78 is 17.0. The Kier molecular flexibility index (Phi) is 8.64. The molecule has 2 atom stereocenters. The third-order valence-corrected chi connectivity index (χ3v) is 5.92. The molecule has 0 amide bonds. The first-order chi connectivity index (χ1) is 9.31. The number of ether oxygens (including phenoxy) is 1. The first-order valence-electron chi connectivity index (χ1n) is 7.54. The first-order valence-corrected chi connectivity index (χ1v) is 9.15. The topological polar surface area (TPSA) is 83.8 Å². The quantitative estimate of drug-likeness (QED) is 0.367. The lowest BCUT2D eigenvalue weighted by Crippen LogP contribution is -2.46. The van der Waals surface area contributed by atoms with Crippen molar-refractivity contribution >= 4 is 13.6 Å². The average molecular weight is 308 g/mol. The monoisotopic (exact) mass is 308 g/mol. The fourth-order valence-electron chi connectivity index (χ4n) is 2.84. The Balaban J connectivity index is 5.46. The van der Waals surface area contributed by atoms with Crippen LogP contribution >= 0.6 is 7.60 Å². The fourth-order valence-corrected chi connectivity index (χ4v) is 4.34. The van der Waals surface area contributed by atoms with Crippen LogP contribution in [0, 0.1) is 5.92 Å². The summed E-state index contributed by atoms with van der Waals surface area (Å²) in [5.41, 5.74) is 0. The molecule has 0 aromatic heterocycles. The van der Waals surface area contributed by atoms with E-state index in [9.17, 15) is 19.1 Å². The van der Waals surface area contributed by atoms with Crippen LogP contribution in [0.15, 0.2) is 0 Å². The van der Waals surface area contributed by atoms with Crippen molar-refractivity contribution in [3.63, 3.8) is 0 Å². The van der Waals surface area contributed by atoms with Gasteiger partial charge < -0.3 is 14.5 Å². The van der Waals surface area contributed by atoms with Crippen LogP contribution in [0.3, 0.4) is 0 Å². The van der Waals surface area contributed by atoms with Crippen LogP contribution in [0.5, 0.6) is 0 Å². The predicted octanol–water partition coefficient (Wildman–Crippen LogP) is 3.48. The lowest BCUT2D eigenvalue weighted by atomic mass is 9.83. The minimum absolute atomic E-state index is 0.0980. The molecule has 20 heavy (non-hydrogen) atoms. The van der Waals surface area contributed by atoms with Crippen molar-refractivity contribution in [1.82, 2.24) is 0 Å². The second-order valence-corrected chi connectivity index (χ2v) is 7.03. The smallest absolute Gasteiger partial charge is 0.343 e. The first kappa shape index (κ1) is 19.6. The second-order valence-electron chi connectivity index (χ2n) is 5.14. The molecule has 0 fully saturated rings. The number of hydrogen-bond donors (Lipinski definition) is 2. The van der Waals surface area contributed by atoms with Gasteiger partial charge in [0.15, 0.2) is 5.16 Å². The molecular formula is C14H29O5P. The molecule has 0 rings (SSSR count). The summed E-state index contributed by atoms with van der Waals surface area (Å²) in [5.74, 6) is -1.10. The normalized spacial score (nSPS) is 16.5. The van der Waals surface area contributed by atoms with E-state index in [1.165, 1.54) is 0 Å². The molecule has 0 radical (unpaired) electrons. The molecule has 0 bridgehead atoms. The van der Waals surface area contributed by atoms with Gasteiger partial charge in [0, 0.05) is 0 Å². The number of unbranched alkanes of at least 4 members (excludes halogenated alkanes) is 2. The Morgan fingerprint density at radius 3 is 2.15 bits per heavy atom.